The number of nitro benzene ring substituents is 4. The molecule has 4 aliphatic heterocycles. The Balaban J connectivity index is 0.000000360. The molecule has 0 saturated carbocycles. The molecule has 574 valence electrons. The van der Waals surface area contributed by atoms with E-state index in [2.05, 4.69) is 13.7 Å². The second-order valence-electron chi connectivity index (χ2n) is 23.1. The number of carbonyl (C=O) groups is 8. The zero-order valence-electron chi connectivity index (χ0n) is 57.8. The Morgan fingerprint density at radius 2 is 0.860 bits per heavy atom. The van der Waals surface area contributed by atoms with E-state index in [9.17, 15) is 100 Å². The highest BCUT2D eigenvalue weighted by atomic mass is 32.2. The number of esters is 2. The SMILES string of the molecule is COC(=O)[C@@H]1CC(=O)CN1C(=O)c1cc(C)c(OCCCOc2cc([N+](=O)[O-])c(C(=O)N3CC(=O)C[C@H]3C)cc2OC)cc1[N+](=O)[O-].COC(=O)[C@@H]1CC(OS(=O)(=O)C(F)(F)F)=CN1C(=O)c1cc(C)c(OCCCOc2cc([N+](=O)[O-])c(C(=O)N3C=C(C)C[C@H]3C)cc2OC)cc1[N+](=O)[O-].O=C=O.O=C=O. The van der Waals surface area contributed by atoms with Crippen molar-refractivity contribution in [3.05, 3.63) is 146 Å². The van der Waals surface area contributed by atoms with Crippen LogP contribution in [0.25, 0.3) is 0 Å². The molecule has 0 aliphatic carbocycles. The molecule has 0 radical (unpaired) electrons. The van der Waals surface area contributed by atoms with Crippen LogP contribution in [0.15, 0.2) is 72.3 Å². The number of rotatable bonds is 26. The van der Waals surface area contributed by atoms with Crippen LogP contribution in [0.3, 0.4) is 0 Å². The lowest BCUT2D eigenvalue weighted by Crippen LogP contribution is -2.41. The molecular formula is C64H65F3N8O31S. The van der Waals surface area contributed by atoms with Crippen molar-refractivity contribution in [1.82, 2.24) is 19.6 Å². The van der Waals surface area contributed by atoms with Crippen LogP contribution in [-0.4, -0.2) is 205 Å². The molecule has 4 atom stereocenters. The maximum atomic E-state index is 13.5. The van der Waals surface area contributed by atoms with Crippen molar-refractivity contribution < 1.29 is 141 Å². The number of Topliss-reactive ketones (excluding diaryl/α,β-unsaturated/α-hetero) is 2. The number of ketones is 2. The molecule has 0 aromatic heterocycles. The predicted octanol–water partition coefficient (Wildman–Crippen LogP) is 6.16. The fourth-order valence-electron chi connectivity index (χ4n) is 11.0. The average molecular weight is 1530 g/mol. The van der Waals surface area contributed by atoms with Gasteiger partial charge in [-0.1, -0.05) is 5.57 Å². The first-order valence-electron chi connectivity index (χ1n) is 31.0. The summed E-state index contributed by atoms with van der Waals surface area (Å²) in [4.78, 5) is 182. The second-order valence-corrected chi connectivity index (χ2v) is 24.7. The number of aryl methyl sites for hydroxylation is 2. The summed E-state index contributed by atoms with van der Waals surface area (Å²) in [6.07, 6.45) is 2.64. The monoisotopic (exact) mass is 1530 g/mol. The van der Waals surface area contributed by atoms with Gasteiger partial charge in [0.25, 0.3) is 46.4 Å². The molecule has 4 aromatic rings. The van der Waals surface area contributed by atoms with E-state index in [1.54, 1.807) is 20.0 Å². The van der Waals surface area contributed by atoms with Gasteiger partial charge in [-0.05, 0) is 64.3 Å². The Morgan fingerprint density at radius 1 is 0.495 bits per heavy atom. The van der Waals surface area contributed by atoms with E-state index in [0.29, 0.717) is 23.1 Å². The molecule has 4 heterocycles. The highest BCUT2D eigenvalue weighted by molar-refractivity contribution is 7.87. The van der Waals surface area contributed by atoms with Gasteiger partial charge in [0.15, 0.2) is 34.6 Å². The van der Waals surface area contributed by atoms with E-state index in [-0.39, 0.29) is 145 Å². The Hall–Kier alpha value is -12.8. The molecule has 0 bridgehead atoms. The number of nitro groups is 4. The smallest absolute Gasteiger partial charge is 0.493 e. The molecule has 107 heavy (non-hydrogen) atoms. The van der Waals surface area contributed by atoms with E-state index in [4.69, 9.17) is 47.6 Å². The van der Waals surface area contributed by atoms with E-state index in [1.807, 2.05) is 13.8 Å². The average Bonchev–Trinajstić information content (AvgIpc) is 1.77. The first-order chi connectivity index (χ1) is 50.3. The minimum Gasteiger partial charge on any atom is -0.493 e. The number of ether oxygens (including phenoxy) is 8. The van der Waals surface area contributed by atoms with Crippen LogP contribution in [0.1, 0.15) is 112 Å². The third kappa shape index (κ3) is 20.8. The zero-order valence-corrected chi connectivity index (χ0v) is 58.7. The predicted molar refractivity (Wildman–Crippen MR) is 348 cm³/mol. The number of hydrogen-bond acceptors (Lipinski definition) is 31. The van der Waals surface area contributed by atoms with Gasteiger partial charge in [0.05, 0.1) is 112 Å². The summed E-state index contributed by atoms with van der Waals surface area (Å²) in [6.45, 7) is 7.50. The zero-order chi connectivity index (χ0) is 80.3. The van der Waals surface area contributed by atoms with Crippen LogP contribution < -0.4 is 28.4 Å². The molecule has 0 unspecified atom stereocenters. The number of benzene rings is 4. The number of likely N-dealkylation sites (tertiary alicyclic amines) is 2. The first-order valence-corrected chi connectivity index (χ1v) is 32.4. The number of carbonyl (C=O) groups excluding carboxylic acids is 12. The fraction of sp³-hybridized carbons (Fsp3) is 0.406. The van der Waals surface area contributed by atoms with Crippen LogP contribution in [-0.2, 0) is 62.1 Å². The first kappa shape index (κ1) is 84.9. The molecule has 8 rings (SSSR count). The minimum atomic E-state index is -6.17. The maximum absolute atomic E-state index is 13.5. The third-order valence-corrected chi connectivity index (χ3v) is 16.9. The van der Waals surface area contributed by atoms with Gasteiger partial charge >= 0.3 is 39.9 Å². The van der Waals surface area contributed by atoms with Gasteiger partial charge in [0.2, 0.25) is 0 Å². The van der Waals surface area contributed by atoms with Crippen molar-refractivity contribution in [3.63, 3.8) is 0 Å². The van der Waals surface area contributed by atoms with Gasteiger partial charge in [0.1, 0.15) is 51.6 Å². The summed E-state index contributed by atoms with van der Waals surface area (Å²) >= 11 is 0. The molecule has 0 N–H and O–H groups in total. The molecule has 2 saturated heterocycles. The summed E-state index contributed by atoms with van der Waals surface area (Å²) in [7, 11) is -1.58. The van der Waals surface area contributed by atoms with E-state index in [1.165, 1.54) is 49.1 Å². The summed E-state index contributed by atoms with van der Waals surface area (Å²) in [6, 6.07) is 5.29. The lowest BCUT2D eigenvalue weighted by atomic mass is 10.1. The number of hydrogen-bond donors (Lipinski definition) is 0. The van der Waals surface area contributed by atoms with Crippen LogP contribution in [0.4, 0.5) is 35.9 Å². The molecule has 4 amide bonds. The van der Waals surface area contributed by atoms with Crippen molar-refractivity contribution in [2.45, 2.75) is 103 Å². The van der Waals surface area contributed by atoms with E-state index >= 15 is 0 Å². The van der Waals surface area contributed by atoms with Crippen LogP contribution >= 0.6 is 0 Å². The molecule has 43 heteroatoms. The molecule has 2 fully saturated rings. The Kier molecular flexibility index (Phi) is 29.4. The number of methoxy groups -OCH3 is 4. The molecule has 4 aliphatic rings. The van der Waals surface area contributed by atoms with E-state index < -0.39 is 136 Å². The second kappa shape index (κ2) is 37.1. The normalized spacial score (nSPS) is 16.4. The maximum Gasteiger partial charge on any atom is 0.534 e. The molecule has 4 aromatic carbocycles. The summed E-state index contributed by atoms with van der Waals surface area (Å²) < 4.78 is 108. The fourth-order valence-corrected chi connectivity index (χ4v) is 11.5. The highest BCUT2D eigenvalue weighted by Gasteiger charge is 2.51. The van der Waals surface area contributed by atoms with Gasteiger partial charge in [-0.2, -0.15) is 40.8 Å². The highest BCUT2D eigenvalue weighted by Crippen LogP contribution is 2.41. The van der Waals surface area contributed by atoms with Crippen molar-refractivity contribution in [1.29, 1.82) is 0 Å². The third-order valence-electron chi connectivity index (χ3n) is 15.9. The largest absolute Gasteiger partial charge is 0.534 e. The van der Waals surface area contributed by atoms with E-state index in [0.717, 1.165) is 55.0 Å². The van der Waals surface area contributed by atoms with Crippen LogP contribution in [0.5, 0.6) is 34.5 Å². The number of nitrogens with zero attached hydrogens (tertiary/aromatic N) is 8. The van der Waals surface area contributed by atoms with Crippen LogP contribution in [0.2, 0.25) is 0 Å². The quantitative estimate of drug-likeness (QED) is 0.0169. The lowest BCUT2D eigenvalue weighted by Gasteiger charge is -2.22. The lowest BCUT2D eigenvalue weighted by molar-refractivity contribution is -0.385. The summed E-state index contributed by atoms with van der Waals surface area (Å²) in [5, 5.41) is 47.7. The number of amides is 4. The molecular weight excluding hydrogens is 1470 g/mol. The van der Waals surface area contributed by atoms with Gasteiger partial charge in [-0.25, -0.2) is 9.59 Å². The number of alkyl halides is 3. The van der Waals surface area contributed by atoms with Crippen LogP contribution in [0, 0.1) is 54.3 Å². The number of halogens is 3. The Bertz CT molecular complexity index is 4440. The summed E-state index contributed by atoms with van der Waals surface area (Å²) in [5.41, 5.74) is -8.20. The minimum absolute atomic E-state index is 0.0124. The van der Waals surface area contributed by atoms with Gasteiger partial charge < -0.3 is 56.8 Å². The van der Waals surface area contributed by atoms with Gasteiger partial charge in [0, 0.05) is 68.7 Å². The standard InChI is InChI=1S/C32H33F3N4O14S.C30H32N4O13.2CO2/c1-17-9-19(3)36(15-17)29(40)22-12-27(49-4)28(14-24(22)39(45)46)52-8-6-7-51-26-13-23(38(43)44)21(10-18(26)2)30(41)37-16-20(11-25(37)31(42)50-5)53-54(47,48)32(33,34)35;1-16-8-20(29(38)32-15-19(36)10-24(32)30(39)45-4)22(33(40)41)12-25(16)46-6-5-7-47-27-13-23(34(42)43)21(11-26(27)44-3)28(37)31-14-18(35)9-17(31)2;2*2-1-3/h10,12-16,19,25H,6-9,11H2,1-5H3;8,11-13,17,24H,5-7,9-10,14-15H2,1-4H3;;/t19-,25+;17-,24+;;/m11../s1. The van der Waals surface area contributed by atoms with Gasteiger partial charge in [-0.3, -0.25) is 74.1 Å². The van der Waals surface area contributed by atoms with Gasteiger partial charge in [-0.15, -0.1) is 0 Å². The van der Waals surface area contributed by atoms with Crippen molar-refractivity contribution in [2.75, 3.05) is 68.0 Å². The van der Waals surface area contributed by atoms with Crippen molar-refractivity contribution >= 4 is 92.3 Å². The molecule has 39 nitrogen and oxygen atoms in total. The van der Waals surface area contributed by atoms with Crippen molar-refractivity contribution in [2.24, 2.45) is 0 Å². The topological polar surface area (TPSA) is 508 Å². The summed E-state index contributed by atoms with van der Waals surface area (Å²) in [5.74, 6) is -6.78. The molecule has 0 spiro atoms. The Labute approximate surface area is 602 Å². The van der Waals surface area contributed by atoms with Crippen molar-refractivity contribution in [3.8, 4) is 34.5 Å². The Morgan fingerprint density at radius 3 is 1.24 bits per heavy atom.